The summed E-state index contributed by atoms with van der Waals surface area (Å²) in [7, 11) is 0. The maximum Gasteiger partial charge on any atom is 0.335 e. The van der Waals surface area contributed by atoms with Crippen molar-refractivity contribution in [1.29, 1.82) is 0 Å². The van der Waals surface area contributed by atoms with E-state index in [2.05, 4.69) is 9.57 Å². The standard InChI is InChI=1S/C6H9NO5/c1-6(2)3-11-5(8)4(6)12-7(9)10/h4H,3H2,1-2H3/t4-/m1/s1. The zero-order chi connectivity index (χ0) is 9.35. The van der Waals surface area contributed by atoms with Gasteiger partial charge in [0, 0.05) is 5.41 Å². The first-order chi connectivity index (χ1) is 5.43. The Bertz CT molecular complexity index is 224. The van der Waals surface area contributed by atoms with Crippen LogP contribution < -0.4 is 0 Å². The Kier molecular flexibility index (Phi) is 1.91. The normalized spacial score (nSPS) is 26.5. The zero-order valence-corrected chi connectivity index (χ0v) is 6.77. The van der Waals surface area contributed by atoms with E-state index in [0.29, 0.717) is 0 Å². The molecule has 0 aromatic rings. The molecule has 0 unspecified atom stereocenters. The molecule has 0 spiro atoms. The molecule has 0 radical (unpaired) electrons. The zero-order valence-electron chi connectivity index (χ0n) is 6.77. The summed E-state index contributed by atoms with van der Waals surface area (Å²) in [5.74, 6) is -0.670. The third-order valence-corrected chi connectivity index (χ3v) is 1.70. The average molecular weight is 175 g/mol. The average Bonchev–Trinajstić information content (AvgIpc) is 2.15. The fourth-order valence-corrected chi connectivity index (χ4v) is 0.999. The Morgan fingerprint density at radius 3 is 2.67 bits per heavy atom. The molecular weight excluding hydrogens is 166 g/mol. The van der Waals surface area contributed by atoms with E-state index >= 15 is 0 Å². The van der Waals surface area contributed by atoms with Crippen LogP contribution >= 0.6 is 0 Å². The van der Waals surface area contributed by atoms with Crippen molar-refractivity contribution in [2.45, 2.75) is 20.0 Å². The summed E-state index contributed by atoms with van der Waals surface area (Å²) in [6.07, 6.45) is -1.09. The smallest absolute Gasteiger partial charge is 0.335 e. The first kappa shape index (κ1) is 8.76. The highest BCUT2D eigenvalue weighted by molar-refractivity contribution is 5.77. The van der Waals surface area contributed by atoms with Crippen molar-refractivity contribution < 1.29 is 19.5 Å². The lowest BCUT2D eigenvalue weighted by molar-refractivity contribution is -0.767. The fourth-order valence-electron chi connectivity index (χ4n) is 0.999. The molecule has 1 heterocycles. The van der Waals surface area contributed by atoms with Gasteiger partial charge in [-0.1, -0.05) is 13.8 Å². The van der Waals surface area contributed by atoms with Gasteiger partial charge in [-0.3, -0.25) is 4.84 Å². The van der Waals surface area contributed by atoms with E-state index in [-0.39, 0.29) is 6.61 Å². The van der Waals surface area contributed by atoms with E-state index in [1.54, 1.807) is 13.8 Å². The summed E-state index contributed by atoms with van der Waals surface area (Å²) in [6.45, 7) is 3.50. The molecule has 1 fully saturated rings. The molecular formula is C6H9NO5. The summed E-state index contributed by atoms with van der Waals surface area (Å²) in [4.78, 5) is 25.0. The lowest BCUT2D eigenvalue weighted by atomic mass is 9.90. The van der Waals surface area contributed by atoms with E-state index in [1.807, 2.05) is 0 Å². The van der Waals surface area contributed by atoms with Crippen LogP contribution in [0.25, 0.3) is 0 Å². The van der Waals surface area contributed by atoms with Gasteiger partial charge in [0.05, 0.1) is 6.61 Å². The number of carbonyl (C=O) groups excluding carboxylic acids is 1. The van der Waals surface area contributed by atoms with Crippen molar-refractivity contribution >= 4 is 5.97 Å². The quantitative estimate of drug-likeness (QED) is 0.339. The molecule has 1 atom stereocenters. The second-order valence-electron chi connectivity index (χ2n) is 3.31. The predicted octanol–water partition coefficient (Wildman–Crippen LogP) is 0.146. The highest BCUT2D eigenvalue weighted by Gasteiger charge is 2.46. The molecule has 12 heavy (non-hydrogen) atoms. The molecule has 0 N–H and O–H groups in total. The van der Waals surface area contributed by atoms with E-state index in [9.17, 15) is 14.9 Å². The van der Waals surface area contributed by atoms with Crippen LogP contribution in [0.15, 0.2) is 0 Å². The Hall–Kier alpha value is -1.33. The second kappa shape index (κ2) is 2.62. The molecule has 1 aliphatic heterocycles. The molecule has 0 bridgehead atoms. The summed E-state index contributed by atoms with van der Waals surface area (Å²) < 4.78 is 4.61. The fraction of sp³-hybridized carbons (Fsp3) is 0.833. The van der Waals surface area contributed by atoms with Crippen LogP contribution in [0.3, 0.4) is 0 Å². The van der Waals surface area contributed by atoms with Gasteiger partial charge in [-0.25, -0.2) is 4.79 Å². The Morgan fingerprint density at radius 2 is 2.33 bits per heavy atom. The molecule has 1 aliphatic rings. The molecule has 1 rings (SSSR count). The molecule has 0 aromatic heterocycles. The summed E-state index contributed by atoms with van der Waals surface area (Å²) in [5.41, 5.74) is -0.621. The van der Waals surface area contributed by atoms with Gasteiger partial charge < -0.3 is 4.74 Å². The van der Waals surface area contributed by atoms with E-state index < -0.39 is 22.6 Å². The van der Waals surface area contributed by atoms with Crippen molar-refractivity contribution in [3.05, 3.63) is 10.1 Å². The van der Waals surface area contributed by atoms with Crippen LogP contribution in [-0.2, 0) is 14.4 Å². The first-order valence-corrected chi connectivity index (χ1v) is 3.41. The molecule has 0 amide bonds. The predicted molar refractivity (Wildman–Crippen MR) is 36.6 cm³/mol. The van der Waals surface area contributed by atoms with Crippen LogP contribution in [-0.4, -0.2) is 23.8 Å². The number of hydrogen-bond acceptors (Lipinski definition) is 5. The highest BCUT2D eigenvalue weighted by atomic mass is 17.0. The minimum Gasteiger partial charge on any atom is -0.463 e. The van der Waals surface area contributed by atoms with Crippen LogP contribution in [0.1, 0.15) is 13.8 Å². The molecule has 68 valence electrons. The van der Waals surface area contributed by atoms with Crippen molar-refractivity contribution in [2.75, 3.05) is 6.61 Å². The van der Waals surface area contributed by atoms with Crippen LogP contribution in [0.5, 0.6) is 0 Å². The first-order valence-electron chi connectivity index (χ1n) is 3.41. The number of carbonyl (C=O) groups is 1. The second-order valence-corrected chi connectivity index (χ2v) is 3.31. The molecule has 6 heteroatoms. The Labute approximate surface area is 68.6 Å². The SMILES string of the molecule is CC1(C)COC(=O)[C@H]1O[N+](=O)[O-]. The molecule has 1 saturated heterocycles. The van der Waals surface area contributed by atoms with Gasteiger partial charge >= 0.3 is 5.97 Å². The van der Waals surface area contributed by atoms with Gasteiger partial charge in [0.15, 0.2) is 0 Å². The van der Waals surface area contributed by atoms with Gasteiger partial charge in [0.1, 0.15) is 0 Å². The molecule has 6 nitrogen and oxygen atoms in total. The van der Waals surface area contributed by atoms with Crippen molar-refractivity contribution in [2.24, 2.45) is 5.41 Å². The van der Waals surface area contributed by atoms with Gasteiger partial charge in [-0.2, -0.15) is 0 Å². The highest BCUT2D eigenvalue weighted by Crippen LogP contribution is 2.30. The summed E-state index contributed by atoms with van der Waals surface area (Å²) >= 11 is 0. The lowest BCUT2D eigenvalue weighted by Gasteiger charge is -2.18. The van der Waals surface area contributed by atoms with Gasteiger partial charge in [-0.05, 0) is 0 Å². The minimum atomic E-state index is -1.09. The van der Waals surface area contributed by atoms with Crippen LogP contribution in [0.2, 0.25) is 0 Å². The number of cyclic esters (lactones) is 1. The van der Waals surface area contributed by atoms with Crippen molar-refractivity contribution in [3.8, 4) is 0 Å². The number of hydrogen-bond donors (Lipinski definition) is 0. The van der Waals surface area contributed by atoms with E-state index in [4.69, 9.17) is 0 Å². The van der Waals surface area contributed by atoms with Gasteiger partial charge in [0.25, 0.3) is 5.09 Å². The van der Waals surface area contributed by atoms with Crippen LogP contribution in [0.4, 0.5) is 0 Å². The maximum atomic E-state index is 10.9. The maximum absolute atomic E-state index is 10.9. The van der Waals surface area contributed by atoms with Gasteiger partial charge in [0.2, 0.25) is 6.10 Å². The van der Waals surface area contributed by atoms with Crippen LogP contribution in [0, 0.1) is 15.5 Å². The third kappa shape index (κ3) is 1.46. The largest absolute Gasteiger partial charge is 0.463 e. The molecule has 0 saturated carbocycles. The van der Waals surface area contributed by atoms with E-state index in [1.165, 1.54) is 0 Å². The molecule has 0 aromatic carbocycles. The van der Waals surface area contributed by atoms with E-state index in [0.717, 1.165) is 0 Å². The Balaban J connectivity index is 2.71. The number of nitrogens with zero attached hydrogens (tertiary/aromatic N) is 1. The topological polar surface area (TPSA) is 78.7 Å². The molecule has 0 aliphatic carbocycles. The number of rotatable bonds is 2. The Morgan fingerprint density at radius 1 is 1.75 bits per heavy atom. The van der Waals surface area contributed by atoms with Crippen molar-refractivity contribution in [3.63, 3.8) is 0 Å². The minimum absolute atomic E-state index is 0.157. The summed E-state index contributed by atoms with van der Waals surface area (Å²) in [5, 5.41) is 8.99. The third-order valence-electron chi connectivity index (χ3n) is 1.70. The monoisotopic (exact) mass is 175 g/mol. The number of ether oxygens (including phenoxy) is 1. The number of esters is 1. The van der Waals surface area contributed by atoms with Crippen molar-refractivity contribution in [1.82, 2.24) is 0 Å². The lowest BCUT2D eigenvalue weighted by Crippen LogP contribution is -2.34. The van der Waals surface area contributed by atoms with Gasteiger partial charge in [-0.15, -0.1) is 10.1 Å². The summed E-state index contributed by atoms with van der Waals surface area (Å²) in [6, 6.07) is 0.